The average Bonchev–Trinajstić information content (AvgIpc) is 3.59. The minimum atomic E-state index is -5.08. The first-order valence-electron chi connectivity index (χ1n) is 13.4. The van der Waals surface area contributed by atoms with Crippen molar-refractivity contribution in [1.82, 2.24) is 20.1 Å². The molecule has 0 radical (unpaired) electrons. The summed E-state index contributed by atoms with van der Waals surface area (Å²) < 4.78 is 75.1. The summed E-state index contributed by atoms with van der Waals surface area (Å²) >= 11 is 1.47. The average molecular weight is 645 g/mol. The molecule has 14 heteroatoms. The molecule has 2 aromatic carbocycles. The summed E-state index contributed by atoms with van der Waals surface area (Å²) in [5.74, 6) is 2.58. The number of rotatable bonds is 6. The summed E-state index contributed by atoms with van der Waals surface area (Å²) in [6.45, 7) is 2.02. The molecule has 1 fully saturated rings. The maximum Gasteiger partial charge on any atom is 0.490 e. The summed E-state index contributed by atoms with van der Waals surface area (Å²) in [7, 11) is 3.44. The van der Waals surface area contributed by atoms with Crippen LogP contribution in [0.3, 0.4) is 0 Å². The minimum Gasteiger partial charge on any atom is -0.490 e. The third-order valence-corrected chi connectivity index (χ3v) is 7.79. The monoisotopic (exact) mass is 644 g/mol. The van der Waals surface area contributed by atoms with Crippen LogP contribution in [0.25, 0.3) is 43.4 Å². The number of aliphatic carboxylic acids is 1. The van der Waals surface area contributed by atoms with E-state index in [1.54, 1.807) is 7.11 Å². The summed E-state index contributed by atoms with van der Waals surface area (Å²) in [6, 6.07) is 10.1. The molecule has 0 saturated carbocycles. The third kappa shape index (κ3) is 6.90. The Hall–Kier alpha value is -4.58. The van der Waals surface area contributed by atoms with Crippen molar-refractivity contribution in [3.63, 3.8) is 0 Å². The van der Waals surface area contributed by atoms with E-state index >= 15 is 4.39 Å². The molecule has 8 nitrogen and oxygen atoms in total. The fourth-order valence-corrected chi connectivity index (χ4v) is 5.53. The van der Waals surface area contributed by atoms with Crippen LogP contribution in [-0.2, 0) is 16.6 Å². The van der Waals surface area contributed by atoms with Crippen molar-refractivity contribution < 1.29 is 41.3 Å². The molecule has 6 rings (SSSR count). The molecule has 0 amide bonds. The number of carboxylic acids is 1. The largest absolute Gasteiger partial charge is 0.490 e. The molecule has 4 heterocycles. The summed E-state index contributed by atoms with van der Waals surface area (Å²) in [5.41, 5.74) is 3.74. The number of thiophene rings is 1. The lowest BCUT2D eigenvalue weighted by atomic mass is 9.96. The summed E-state index contributed by atoms with van der Waals surface area (Å²) in [6.07, 6.45) is -3.26. The Morgan fingerprint density at radius 3 is 2.58 bits per heavy atom. The predicted octanol–water partition coefficient (Wildman–Crippen LogP) is 6.02. The Kier molecular flexibility index (Phi) is 9.33. The highest BCUT2D eigenvalue weighted by atomic mass is 32.1. The second kappa shape index (κ2) is 13.2. The van der Waals surface area contributed by atoms with Crippen LogP contribution in [0.2, 0.25) is 0 Å². The van der Waals surface area contributed by atoms with Crippen molar-refractivity contribution in [2.24, 2.45) is 13.0 Å². The van der Waals surface area contributed by atoms with Gasteiger partial charge in [0.1, 0.15) is 29.7 Å². The number of nitrogens with one attached hydrogen (secondary N) is 1. The number of pyridine rings is 1. The van der Waals surface area contributed by atoms with Crippen molar-refractivity contribution >= 4 is 38.3 Å². The molecule has 3 aromatic heterocycles. The van der Waals surface area contributed by atoms with Gasteiger partial charge in [0.25, 0.3) is 0 Å². The molecule has 0 atom stereocenters. The van der Waals surface area contributed by atoms with Gasteiger partial charge in [-0.25, -0.2) is 18.6 Å². The zero-order valence-corrected chi connectivity index (χ0v) is 24.7. The van der Waals surface area contributed by atoms with Gasteiger partial charge in [-0.2, -0.15) is 18.3 Å². The molecular formula is C31H25F5N4O4S. The molecule has 2 N–H and O–H groups in total. The van der Waals surface area contributed by atoms with Crippen LogP contribution in [0.15, 0.2) is 48.0 Å². The molecule has 0 spiro atoms. The van der Waals surface area contributed by atoms with E-state index in [0.29, 0.717) is 11.3 Å². The van der Waals surface area contributed by atoms with Crippen molar-refractivity contribution in [2.45, 2.75) is 6.18 Å². The van der Waals surface area contributed by atoms with Crippen LogP contribution in [-0.4, -0.2) is 65.4 Å². The van der Waals surface area contributed by atoms with Crippen LogP contribution in [0, 0.1) is 29.4 Å². The predicted molar refractivity (Wildman–Crippen MR) is 159 cm³/mol. The van der Waals surface area contributed by atoms with Gasteiger partial charge in [-0.1, -0.05) is 12.0 Å². The number of methoxy groups -OCH3 is 1. The SMILES string of the molecule is COCCOc1cc(F)cc(F)c1-c1c(C#CC2CNC2)nc(-c2ccc3c(cnn3C)c2)c2ccsc12.O=C(O)C(F)(F)F. The number of aromatic nitrogens is 3. The van der Waals surface area contributed by atoms with Crippen molar-refractivity contribution in [1.29, 1.82) is 0 Å². The minimum absolute atomic E-state index is 0.0916. The van der Waals surface area contributed by atoms with Gasteiger partial charge in [-0.15, -0.1) is 11.3 Å². The number of aryl methyl sites for hydroxylation is 1. The van der Waals surface area contributed by atoms with Crippen molar-refractivity contribution in [3.8, 4) is 40.0 Å². The van der Waals surface area contributed by atoms with Gasteiger partial charge < -0.3 is 19.9 Å². The third-order valence-electron chi connectivity index (χ3n) is 6.86. The van der Waals surface area contributed by atoms with Crippen LogP contribution >= 0.6 is 11.3 Å². The summed E-state index contributed by atoms with van der Waals surface area (Å²) in [5, 5.41) is 18.5. The van der Waals surface area contributed by atoms with Gasteiger partial charge >= 0.3 is 12.1 Å². The Labute approximate surface area is 257 Å². The Balaban J connectivity index is 0.000000515. The number of halogens is 5. The van der Waals surface area contributed by atoms with E-state index in [1.165, 1.54) is 17.4 Å². The highest BCUT2D eigenvalue weighted by Crippen LogP contribution is 2.44. The number of carboxylic acid groups (broad SMARTS) is 1. The molecular weight excluding hydrogens is 619 g/mol. The highest BCUT2D eigenvalue weighted by molar-refractivity contribution is 7.17. The van der Waals surface area contributed by atoms with Crippen LogP contribution < -0.4 is 10.1 Å². The number of nitrogens with zero attached hydrogens (tertiary/aromatic N) is 3. The number of hydrogen-bond donors (Lipinski definition) is 2. The number of hydrogen-bond acceptors (Lipinski definition) is 7. The normalized spacial score (nSPS) is 13.1. The van der Waals surface area contributed by atoms with Gasteiger partial charge in [0.2, 0.25) is 0 Å². The van der Waals surface area contributed by atoms with Crippen molar-refractivity contribution in [2.75, 3.05) is 33.4 Å². The van der Waals surface area contributed by atoms with E-state index < -0.39 is 23.8 Å². The van der Waals surface area contributed by atoms with Gasteiger partial charge in [-0.3, -0.25) is 4.68 Å². The molecule has 45 heavy (non-hydrogen) atoms. The first kappa shape index (κ1) is 31.8. The maximum absolute atomic E-state index is 15.6. The number of benzene rings is 2. The Morgan fingerprint density at radius 2 is 1.91 bits per heavy atom. The molecule has 1 aliphatic heterocycles. The fraction of sp³-hybridized carbons (Fsp3) is 0.258. The molecule has 0 aliphatic carbocycles. The van der Waals surface area contributed by atoms with E-state index in [1.807, 2.05) is 47.6 Å². The second-order valence-corrected chi connectivity index (χ2v) is 10.8. The molecule has 1 aliphatic rings. The van der Waals surface area contributed by atoms with Crippen molar-refractivity contribution in [3.05, 3.63) is 65.3 Å². The van der Waals surface area contributed by atoms with Crippen LogP contribution in [0.5, 0.6) is 5.75 Å². The van der Waals surface area contributed by atoms with Gasteiger partial charge in [0.15, 0.2) is 0 Å². The summed E-state index contributed by atoms with van der Waals surface area (Å²) in [4.78, 5) is 13.9. The fourth-order valence-electron chi connectivity index (χ4n) is 4.58. The van der Waals surface area contributed by atoms with Crippen LogP contribution in [0.4, 0.5) is 22.0 Å². The molecule has 0 bridgehead atoms. The van der Waals surface area contributed by atoms with Gasteiger partial charge in [0.05, 0.1) is 29.6 Å². The molecule has 0 unspecified atom stereocenters. The number of ether oxygens (including phenoxy) is 2. The quantitative estimate of drug-likeness (QED) is 0.133. The highest BCUT2D eigenvalue weighted by Gasteiger charge is 2.38. The van der Waals surface area contributed by atoms with E-state index in [9.17, 15) is 17.6 Å². The Morgan fingerprint density at radius 1 is 1.16 bits per heavy atom. The molecule has 234 valence electrons. The van der Waals surface area contributed by atoms with E-state index in [4.69, 9.17) is 24.4 Å². The standard InChI is InChI=1S/C29H24F2N4O2S.C2HF3O2/c1-35-24-6-4-18(11-19(24)16-33-35)28-21-7-10-38-29(21)27(23(34-28)5-3-17-14-32-15-17)26-22(31)12-20(30)13-25(26)37-9-8-36-2;3-2(4,5)1(6)7/h4,6-7,10-13,16-17,32H,8-9,14-15H2,1-2H3;(H,6,7). The maximum atomic E-state index is 15.6. The van der Waals surface area contributed by atoms with E-state index in [0.717, 1.165) is 51.4 Å². The number of carbonyl (C=O) groups is 1. The van der Waals surface area contributed by atoms with Crippen LogP contribution in [0.1, 0.15) is 5.69 Å². The van der Waals surface area contributed by atoms with E-state index in [2.05, 4.69) is 22.3 Å². The zero-order chi connectivity index (χ0) is 32.3. The molecule has 1 saturated heterocycles. The van der Waals surface area contributed by atoms with E-state index in [-0.39, 0.29) is 30.4 Å². The first-order chi connectivity index (χ1) is 21.5. The number of fused-ring (bicyclic) bond motifs is 2. The topological polar surface area (TPSA) is 98.5 Å². The first-order valence-corrected chi connectivity index (χ1v) is 14.3. The lowest BCUT2D eigenvalue weighted by molar-refractivity contribution is -0.192. The lowest BCUT2D eigenvalue weighted by Crippen LogP contribution is -2.40. The number of alkyl halides is 3. The lowest BCUT2D eigenvalue weighted by Gasteiger charge is -2.21. The van der Waals surface area contributed by atoms with Gasteiger partial charge in [0, 0.05) is 71.9 Å². The zero-order valence-electron chi connectivity index (χ0n) is 23.8. The molecule has 5 aromatic rings. The van der Waals surface area contributed by atoms with Gasteiger partial charge in [-0.05, 0) is 29.5 Å². The second-order valence-electron chi connectivity index (χ2n) is 9.92. The Bertz CT molecular complexity index is 1940. The smallest absolute Gasteiger partial charge is 0.490 e.